The normalized spacial score (nSPS) is 30.3. The molecule has 4 fully saturated rings. The minimum atomic E-state index is -1.27. The summed E-state index contributed by atoms with van der Waals surface area (Å²) in [6.45, 7) is 13.2. The van der Waals surface area contributed by atoms with Gasteiger partial charge in [0.15, 0.2) is 25.2 Å². The summed E-state index contributed by atoms with van der Waals surface area (Å²) in [5.74, 6) is 0. The van der Waals surface area contributed by atoms with Crippen LogP contribution in [0, 0.1) is 0 Å². The molecule has 7 aromatic carbocycles. The third kappa shape index (κ3) is 19.7. The van der Waals surface area contributed by atoms with Gasteiger partial charge in [0.1, 0.15) is 67.1 Å². The van der Waals surface area contributed by atoms with E-state index in [2.05, 4.69) is 16.6 Å². The predicted molar refractivity (Wildman–Crippen MR) is 366 cm³/mol. The van der Waals surface area contributed by atoms with E-state index in [-0.39, 0.29) is 46.2 Å². The van der Waals surface area contributed by atoms with Crippen LogP contribution in [-0.2, 0) is 122 Å². The monoisotopic (exact) mass is 1340 g/mol. The predicted octanol–water partition coefficient (Wildman–Crippen LogP) is 13.9. The van der Waals surface area contributed by atoms with Crippen molar-refractivity contribution in [2.75, 3.05) is 13.7 Å². The van der Waals surface area contributed by atoms with Crippen molar-refractivity contribution in [3.05, 3.63) is 274 Å². The van der Waals surface area contributed by atoms with Crippen LogP contribution in [0.2, 0.25) is 0 Å². The molecule has 19 nitrogen and oxygen atoms in total. The zero-order chi connectivity index (χ0) is 67.8. The van der Waals surface area contributed by atoms with E-state index in [1.165, 1.54) is 0 Å². The number of allylic oxidation sites excluding steroid dienone is 1. The van der Waals surface area contributed by atoms with Crippen molar-refractivity contribution in [1.29, 1.82) is 0 Å². The Balaban J connectivity index is 1.01. The number of methoxy groups -OCH3 is 1. The van der Waals surface area contributed by atoms with Crippen molar-refractivity contribution >= 4 is 0 Å². The third-order valence-electron chi connectivity index (χ3n) is 18.1. The summed E-state index contributed by atoms with van der Waals surface area (Å²) < 4.78 is 114. The van der Waals surface area contributed by atoms with Gasteiger partial charge in [-0.25, -0.2) is 0 Å². The van der Waals surface area contributed by atoms with E-state index in [0.29, 0.717) is 13.0 Å². The number of azide groups is 1. The lowest BCUT2D eigenvalue weighted by molar-refractivity contribution is -0.400. The standard InChI is InChI=1S/C79H93N3O16/c1-7-8-30-45-84-76-75(69(89-50-61-39-24-13-25-40-61)65(54(3)93-76)85-46-57-31-16-9-17-32-57)98-79-74(91-52-63-43-28-15-29-44-63)71(67(56(5)95-79)87-48-59-35-20-11-21-36-59)97-78-73(90-51-62-41-26-14-27-42-62)70(66(55(4)94-78)86-47-58-33-18-10-19-34-58)96-77-72(83-6)68(64(81-82-80)53(2)92-77)88-49-60-37-22-12-23-38-60/h7,9-29,31-44,53-56,64-79H,1,8,30,45-52H2,2-6H3/t53-,54+,55+,56+,64-,65+,66+,67+,68+,69-,70-,71-,72-,73-,74-,75-,76-,77+,78+,79+/m1/s1. The van der Waals surface area contributed by atoms with Gasteiger partial charge in [0, 0.05) is 12.0 Å². The molecule has 0 spiro atoms. The Hall–Kier alpha value is -7.05. The van der Waals surface area contributed by atoms with Gasteiger partial charge in [-0.05, 0) is 85.0 Å². The third-order valence-corrected chi connectivity index (χ3v) is 18.1. The molecule has 0 saturated carbocycles. The molecule has 520 valence electrons. The maximum Gasteiger partial charge on any atom is 0.187 e. The quantitative estimate of drug-likeness (QED) is 0.0121. The van der Waals surface area contributed by atoms with Crippen LogP contribution < -0.4 is 0 Å². The average molecular weight is 1340 g/mol. The van der Waals surface area contributed by atoms with Crippen molar-refractivity contribution in [1.82, 2.24) is 0 Å². The summed E-state index contributed by atoms with van der Waals surface area (Å²) in [5.41, 5.74) is 16.4. The number of unbranched alkanes of at least 4 members (excludes halogenated alkanes) is 1. The number of rotatable bonds is 34. The van der Waals surface area contributed by atoms with E-state index in [1.807, 2.05) is 246 Å². The molecule has 98 heavy (non-hydrogen) atoms. The van der Waals surface area contributed by atoms with Crippen molar-refractivity contribution in [2.45, 2.75) is 210 Å². The second-order valence-electron chi connectivity index (χ2n) is 25.2. The van der Waals surface area contributed by atoms with Gasteiger partial charge in [-0.15, -0.1) is 6.58 Å². The first-order valence-corrected chi connectivity index (χ1v) is 34.1. The zero-order valence-electron chi connectivity index (χ0n) is 56.5. The number of hydrogen-bond donors (Lipinski definition) is 0. The Kier molecular flexibility index (Phi) is 27.6. The summed E-state index contributed by atoms with van der Waals surface area (Å²) >= 11 is 0. The molecule has 0 amide bonds. The topological polar surface area (TPSA) is 196 Å². The van der Waals surface area contributed by atoms with Crippen LogP contribution >= 0.6 is 0 Å². The SMILES string of the molecule is C=CCCCO[C@@H]1O[C@@H](C)[C@H](OCc2ccccc2)[C@@H](OCc2ccccc2)[C@H]1O[C@@H]1O[C@@H](C)[C@H](OCc2ccccc2)[C@@H](O[C@@H]2O[C@@H](C)[C@H](OCc3ccccc3)[C@@H](O[C@@H]3O[C@H](C)[C@@H](N=[N+]=[N-])[C@H](OCc4ccccc4)[C@H]3OC)[C@H]2OCc2ccccc2)[C@H]1OCc1ccccc1. The maximum atomic E-state index is 9.99. The van der Waals surface area contributed by atoms with E-state index >= 15 is 0 Å². The summed E-state index contributed by atoms with van der Waals surface area (Å²) in [6, 6.07) is 68.5. The van der Waals surface area contributed by atoms with Crippen molar-refractivity contribution in [3.63, 3.8) is 0 Å². The molecule has 4 aliphatic heterocycles. The minimum Gasteiger partial charge on any atom is -0.373 e. The van der Waals surface area contributed by atoms with Gasteiger partial charge in [0.05, 0.1) is 83.3 Å². The van der Waals surface area contributed by atoms with E-state index in [0.717, 1.165) is 45.4 Å². The smallest absolute Gasteiger partial charge is 0.187 e. The molecule has 0 aromatic heterocycles. The van der Waals surface area contributed by atoms with Gasteiger partial charge in [-0.1, -0.05) is 224 Å². The molecular formula is C79H93N3O16. The molecule has 4 saturated heterocycles. The second kappa shape index (κ2) is 37.4. The van der Waals surface area contributed by atoms with Crippen LogP contribution in [0.3, 0.4) is 0 Å². The molecule has 4 heterocycles. The first-order valence-electron chi connectivity index (χ1n) is 34.1. The Labute approximate surface area is 576 Å². The fourth-order valence-electron chi connectivity index (χ4n) is 13.0. The lowest BCUT2D eigenvalue weighted by Crippen LogP contribution is -2.67. The summed E-state index contributed by atoms with van der Waals surface area (Å²) in [6.07, 6.45) is -14.4. The Morgan fingerprint density at radius 2 is 0.633 bits per heavy atom. The van der Waals surface area contributed by atoms with Gasteiger partial charge in [-0.2, -0.15) is 0 Å². The first kappa shape index (κ1) is 72.2. The Bertz CT molecular complexity index is 3450. The number of hydrogen-bond acceptors (Lipinski definition) is 17. The molecular weight excluding hydrogens is 1250 g/mol. The molecule has 0 radical (unpaired) electrons. The van der Waals surface area contributed by atoms with Crippen LogP contribution in [-0.4, -0.2) is 136 Å². The van der Waals surface area contributed by atoms with Crippen LogP contribution in [0.1, 0.15) is 79.5 Å². The van der Waals surface area contributed by atoms with Crippen LogP contribution in [0.4, 0.5) is 0 Å². The lowest BCUT2D eigenvalue weighted by atomic mass is 9.95. The largest absolute Gasteiger partial charge is 0.373 e. The van der Waals surface area contributed by atoms with Crippen LogP contribution in [0.15, 0.2) is 230 Å². The first-order chi connectivity index (χ1) is 48.1. The molecule has 7 aromatic rings. The highest BCUT2D eigenvalue weighted by Gasteiger charge is 2.58. The summed E-state index contributed by atoms with van der Waals surface area (Å²) in [4.78, 5) is 3.25. The molecule has 19 heteroatoms. The van der Waals surface area contributed by atoms with Crippen molar-refractivity contribution < 1.29 is 75.8 Å². The Morgan fingerprint density at radius 3 is 0.969 bits per heavy atom. The molecule has 0 N–H and O–H groups in total. The fourth-order valence-corrected chi connectivity index (χ4v) is 13.0. The van der Waals surface area contributed by atoms with E-state index in [9.17, 15) is 5.53 Å². The molecule has 20 atom stereocenters. The lowest BCUT2D eigenvalue weighted by Gasteiger charge is -2.52. The fraction of sp³-hybridized carbons (Fsp3) is 0.443. The van der Waals surface area contributed by atoms with Gasteiger partial charge in [0.2, 0.25) is 0 Å². The average Bonchev–Trinajstić information content (AvgIpc) is 0.766. The zero-order valence-corrected chi connectivity index (χ0v) is 56.5. The van der Waals surface area contributed by atoms with Crippen molar-refractivity contribution in [3.8, 4) is 0 Å². The number of benzene rings is 7. The van der Waals surface area contributed by atoms with Gasteiger partial charge in [-0.3, -0.25) is 0 Å². The Morgan fingerprint density at radius 1 is 0.347 bits per heavy atom. The molecule has 4 aliphatic rings. The highest BCUT2D eigenvalue weighted by Crippen LogP contribution is 2.41. The summed E-state index contributed by atoms with van der Waals surface area (Å²) in [7, 11) is 1.56. The summed E-state index contributed by atoms with van der Waals surface area (Å²) in [5, 5.41) is 4.22. The van der Waals surface area contributed by atoms with Gasteiger partial charge >= 0.3 is 0 Å². The second-order valence-corrected chi connectivity index (χ2v) is 25.2. The van der Waals surface area contributed by atoms with E-state index < -0.39 is 123 Å². The highest BCUT2D eigenvalue weighted by molar-refractivity contribution is 5.19. The van der Waals surface area contributed by atoms with Gasteiger partial charge in [0.25, 0.3) is 0 Å². The molecule has 0 bridgehead atoms. The van der Waals surface area contributed by atoms with E-state index in [4.69, 9.17) is 75.8 Å². The van der Waals surface area contributed by atoms with Crippen LogP contribution in [0.25, 0.3) is 10.4 Å². The number of nitrogens with zero attached hydrogens (tertiary/aromatic N) is 3. The maximum absolute atomic E-state index is 9.99. The molecule has 0 unspecified atom stereocenters. The highest BCUT2D eigenvalue weighted by atomic mass is 16.8. The van der Waals surface area contributed by atoms with Gasteiger partial charge < -0.3 is 75.8 Å². The van der Waals surface area contributed by atoms with E-state index in [1.54, 1.807) is 7.11 Å². The van der Waals surface area contributed by atoms with Crippen LogP contribution in [0.5, 0.6) is 0 Å². The number of ether oxygens (including phenoxy) is 16. The van der Waals surface area contributed by atoms with Crippen molar-refractivity contribution in [2.24, 2.45) is 5.11 Å². The molecule has 0 aliphatic carbocycles. The minimum absolute atomic E-state index is 0.0930. The molecule has 11 rings (SSSR count).